The van der Waals surface area contributed by atoms with Gasteiger partial charge in [0.1, 0.15) is 12.4 Å². The van der Waals surface area contributed by atoms with Crippen LogP contribution in [0.15, 0.2) is 35.8 Å². The molecule has 2 aromatic rings. The molecule has 7 heteroatoms. The normalized spacial score (nSPS) is 14.8. The maximum absolute atomic E-state index is 13.2. The van der Waals surface area contributed by atoms with Gasteiger partial charge in [-0.1, -0.05) is 19.3 Å². The van der Waals surface area contributed by atoms with Gasteiger partial charge in [0.05, 0.1) is 0 Å². The number of thiazole rings is 1. The summed E-state index contributed by atoms with van der Waals surface area (Å²) in [7, 11) is 0. The molecule has 138 valence electrons. The Bertz CT molecular complexity index is 728. The van der Waals surface area contributed by atoms with Crippen LogP contribution in [-0.2, 0) is 4.79 Å². The number of anilines is 1. The Balaban J connectivity index is 1.70. The highest BCUT2D eigenvalue weighted by molar-refractivity contribution is 7.13. The van der Waals surface area contributed by atoms with E-state index in [-0.39, 0.29) is 24.2 Å². The zero-order valence-corrected chi connectivity index (χ0v) is 15.3. The minimum atomic E-state index is -0.387. The Morgan fingerprint density at radius 2 is 1.92 bits per heavy atom. The van der Waals surface area contributed by atoms with Crippen LogP contribution in [0.2, 0.25) is 0 Å². The number of carbonyl (C=O) groups excluding carboxylic acids is 2. The molecule has 0 spiro atoms. The van der Waals surface area contributed by atoms with Crippen molar-refractivity contribution in [2.45, 2.75) is 32.1 Å². The molecule has 1 heterocycles. The Hall–Kier alpha value is -2.28. The fraction of sp³-hybridized carbons (Fsp3) is 0.421. The van der Waals surface area contributed by atoms with Crippen molar-refractivity contribution < 1.29 is 14.0 Å². The smallest absolute Gasteiger partial charge is 0.254 e. The maximum atomic E-state index is 13.2. The molecule has 0 bridgehead atoms. The van der Waals surface area contributed by atoms with Crippen molar-refractivity contribution >= 4 is 28.3 Å². The molecule has 1 aliphatic carbocycles. The molecule has 1 N–H and O–H groups in total. The van der Waals surface area contributed by atoms with Crippen molar-refractivity contribution in [3.63, 3.8) is 0 Å². The molecule has 1 saturated carbocycles. The van der Waals surface area contributed by atoms with E-state index >= 15 is 0 Å². The Morgan fingerprint density at radius 3 is 2.58 bits per heavy atom. The average molecular weight is 375 g/mol. The number of halogens is 1. The predicted molar refractivity (Wildman–Crippen MR) is 99.6 cm³/mol. The summed E-state index contributed by atoms with van der Waals surface area (Å²) in [5.41, 5.74) is 0.393. The second-order valence-corrected chi connectivity index (χ2v) is 7.48. The van der Waals surface area contributed by atoms with Gasteiger partial charge in [-0.15, -0.1) is 11.3 Å². The molecule has 0 radical (unpaired) electrons. The van der Waals surface area contributed by atoms with Crippen molar-refractivity contribution in [1.29, 1.82) is 0 Å². The summed E-state index contributed by atoms with van der Waals surface area (Å²) in [6.07, 6.45) is 7.31. The number of rotatable bonds is 6. The maximum Gasteiger partial charge on any atom is 0.254 e. The summed E-state index contributed by atoms with van der Waals surface area (Å²) in [5.74, 6) is -0.501. The van der Waals surface area contributed by atoms with Gasteiger partial charge in [0.25, 0.3) is 5.91 Å². The zero-order chi connectivity index (χ0) is 18.4. The molecule has 2 amide bonds. The van der Waals surface area contributed by atoms with E-state index in [4.69, 9.17) is 0 Å². The quantitative estimate of drug-likeness (QED) is 0.832. The van der Waals surface area contributed by atoms with Crippen LogP contribution in [0.3, 0.4) is 0 Å². The highest BCUT2D eigenvalue weighted by Gasteiger charge is 2.24. The van der Waals surface area contributed by atoms with Crippen LogP contribution in [0.5, 0.6) is 0 Å². The van der Waals surface area contributed by atoms with Crippen LogP contribution in [-0.4, -0.2) is 34.8 Å². The molecular weight excluding hydrogens is 353 g/mol. The van der Waals surface area contributed by atoms with E-state index in [1.165, 1.54) is 42.0 Å². The molecule has 3 rings (SSSR count). The van der Waals surface area contributed by atoms with Crippen LogP contribution < -0.4 is 5.32 Å². The second kappa shape index (κ2) is 8.89. The molecule has 1 aromatic heterocycles. The number of carbonyl (C=O) groups is 2. The molecule has 0 unspecified atom stereocenters. The van der Waals surface area contributed by atoms with Crippen molar-refractivity contribution in [2.24, 2.45) is 5.92 Å². The minimum Gasteiger partial charge on any atom is -0.329 e. The molecule has 5 nitrogen and oxygen atoms in total. The van der Waals surface area contributed by atoms with E-state index in [1.807, 2.05) is 0 Å². The third kappa shape index (κ3) is 5.11. The first-order chi connectivity index (χ1) is 12.6. The third-order valence-corrected chi connectivity index (χ3v) is 5.28. The lowest BCUT2D eigenvalue weighted by Gasteiger charge is -2.29. The van der Waals surface area contributed by atoms with Gasteiger partial charge in [-0.05, 0) is 43.0 Å². The van der Waals surface area contributed by atoms with Gasteiger partial charge < -0.3 is 10.2 Å². The Labute approximate surface area is 156 Å². The first-order valence-electron chi connectivity index (χ1n) is 8.86. The number of amides is 2. The van der Waals surface area contributed by atoms with Crippen molar-refractivity contribution in [2.75, 3.05) is 18.4 Å². The standard InChI is InChI=1S/C19H22FN3O2S/c20-16-8-6-15(7-9-16)18(25)23(12-14-4-2-1-3-5-14)13-17(24)22-19-21-10-11-26-19/h6-11,14H,1-5,12-13H2,(H,21,22,24). The second-order valence-electron chi connectivity index (χ2n) is 6.58. The van der Waals surface area contributed by atoms with E-state index in [9.17, 15) is 14.0 Å². The van der Waals surface area contributed by atoms with Crippen molar-refractivity contribution in [3.8, 4) is 0 Å². The number of hydrogen-bond acceptors (Lipinski definition) is 4. The predicted octanol–water partition coefficient (Wildman–Crippen LogP) is 3.94. The molecule has 0 atom stereocenters. The number of benzene rings is 1. The summed E-state index contributed by atoms with van der Waals surface area (Å²) in [6.45, 7) is 0.508. The van der Waals surface area contributed by atoms with Crippen molar-refractivity contribution in [1.82, 2.24) is 9.88 Å². The van der Waals surface area contributed by atoms with Gasteiger partial charge in [0, 0.05) is 23.7 Å². The Morgan fingerprint density at radius 1 is 1.19 bits per heavy atom. The first-order valence-corrected chi connectivity index (χ1v) is 9.74. The summed E-state index contributed by atoms with van der Waals surface area (Å²) >= 11 is 1.33. The summed E-state index contributed by atoms with van der Waals surface area (Å²) in [4.78, 5) is 30.8. The molecular formula is C19H22FN3O2S. The third-order valence-electron chi connectivity index (χ3n) is 4.59. The van der Waals surface area contributed by atoms with Gasteiger partial charge in [-0.25, -0.2) is 9.37 Å². The molecule has 1 aromatic carbocycles. The topological polar surface area (TPSA) is 62.3 Å². The van der Waals surface area contributed by atoms with E-state index in [0.717, 1.165) is 25.7 Å². The molecule has 1 fully saturated rings. The monoisotopic (exact) mass is 375 g/mol. The van der Waals surface area contributed by atoms with Gasteiger partial charge in [-0.2, -0.15) is 0 Å². The summed E-state index contributed by atoms with van der Waals surface area (Å²) in [6, 6.07) is 5.46. The number of nitrogens with zero attached hydrogens (tertiary/aromatic N) is 2. The average Bonchev–Trinajstić information content (AvgIpc) is 3.15. The molecule has 0 aliphatic heterocycles. The minimum absolute atomic E-state index is 0.0354. The summed E-state index contributed by atoms with van der Waals surface area (Å²) < 4.78 is 13.2. The van der Waals surface area contributed by atoms with Crippen LogP contribution >= 0.6 is 11.3 Å². The van der Waals surface area contributed by atoms with Crippen LogP contribution in [0.1, 0.15) is 42.5 Å². The van der Waals surface area contributed by atoms with E-state index < -0.39 is 0 Å². The SMILES string of the molecule is O=C(CN(CC1CCCCC1)C(=O)c1ccc(F)cc1)Nc1nccs1. The van der Waals surface area contributed by atoms with Crippen LogP contribution in [0.25, 0.3) is 0 Å². The van der Waals surface area contributed by atoms with Crippen molar-refractivity contribution in [3.05, 3.63) is 47.2 Å². The zero-order valence-electron chi connectivity index (χ0n) is 14.5. The fourth-order valence-electron chi connectivity index (χ4n) is 3.29. The Kier molecular flexibility index (Phi) is 6.33. The van der Waals surface area contributed by atoms with E-state index in [0.29, 0.717) is 23.2 Å². The highest BCUT2D eigenvalue weighted by atomic mass is 32.1. The van der Waals surface area contributed by atoms with Gasteiger partial charge in [0.2, 0.25) is 5.91 Å². The lowest BCUT2D eigenvalue weighted by Crippen LogP contribution is -2.41. The lowest BCUT2D eigenvalue weighted by atomic mass is 9.89. The first kappa shape index (κ1) is 18.5. The lowest BCUT2D eigenvalue weighted by molar-refractivity contribution is -0.117. The number of hydrogen-bond donors (Lipinski definition) is 1. The van der Waals surface area contributed by atoms with E-state index in [2.05, 4.69) is 10.3 Å². The molecule has 0 saturated heterocycles. The largest absolute Gasteiger partial charge is 0.329 e. The van der Waals surface area contributed by atoms with Gasteiger partial charge in [-0.3, -0.25) is 9.59 Å². The van der Waals surface area contributed by atoms with E-state index in [1.54, 1.807) is 16.5 Å². The number of nitrogens with one attached hydrogen (secondary N) is 1. The van der Waals surface area contributed by atoms with Gasteiger partial charge in [0.15, 0.2) is 5.13 Å². The number of aromatic nitrogens is 1. The molecule has 26 heavy (non-hydrogen) atoms. The highest BCUT2D eigenvalue weighted by Crippen LogP contribution is 2.25. The van der Waals surface area contributed by atoms with Gasteiger partial charge >= 0.3 is 0 Å². The van der Waals surface area contributed by atoms with Crippen LogP contribution in [0.4, 0.5) is 9.52 Å². The molecule has 1 aliphatic rings. The van der Waals surface area contributed by atoms with Crippen LogP contribution in [0, 0.1) is 11.7 Å². The summed E-state index contributed by atoms with van der Waals surface area (Å²) in [5, 5.41) is 5.01. The fourth-order valence-corrected chi connectivity index (χ4v) is 3.84.